The zero-order chi connectivity index (χ0) is 16.1. The molecule has 0 atom stereocenters. The number of piperazine rings is 1. The fourth-order valence-corrected chi connectivity index (χ4v) is 3.93. The van der Waals surface area contributed by atoms with Gasteiger partial charge in [-0.2, -0.15) is 0 Å². The van der Waals surface area contributed by atoms with Crippen LogP contribution >= 0.6 is 11.3 Å². The largest absolute Gasteiger partial charge is 0.332 e. The first-order chi connectivity index (χ1) is 11.2. The maximum absolute atomic E-state index is 4.76. The first kappa shape index (κ1) is 16.4. The highest BCUT2D eigenvalue weighted by Crippen LogP contribution is 2.20. The quantitative estimate of drug-likeness (QED) is 0.734. The lowest BCUT2D eigenvalue weighted by Gasteiger charge is -2.29. The molecule has 0 radical (unpaired) electrons. The zero-order valence-corrected chi connectivity index (χ0v) is 15.0. The van der Waals surface area contributed by atoms with Gasteiger partial charge in [0, 0.05) is 11.1 Å². The molecule has 0 unspecified atom stereocenters. The monoisotopic (exact) mass is 332 g/mol. The molecule has 0 bridgehead atoms. The molecule has 23 heavy (non-hydrogen) atoms. The number of hydrogen-bond donors (Lipinski definition) is 3. The molecule has 3 N–H and O–H groups in total. The number of nitrogens with one attached hydrogen (secondary N) is 3. The van der Waals surface area contributed by atoms with E-state index < -0.39 is 0 Å². The van der Waals surface area contributed by atoms with Crippen LogP contribution in [0.4, 0.5) is 10.8 Å². The Morgan fingerprint density at radius 3 is 2.48 bits per heavy atom. The molecular weight excluding hydrogens is 304 g/mol. The van der Waals surface area contributed by atoms with E-state index in [2.05, 4.69) is 48.8 Å². The summed E-state index contributed by atoms with van der Waals surface area (Å²) in [4.78, 5) is 8.21. The van der Waals surface area contributed by atoms with E-state index in [0.717, 1.165) is 17.4 Å². The average molecular weight is 333 g/mol. The van der Waals surface area contributed by atoms with Gasteiger partial charge in [0.1, 0.15) is 38.4 Å². The molecule has 2 heterocycles. The van der Waals surface area contributed by atoms with Crippen LogP contribution in [0.2, 0.25) is 0 Å². The van der Waals surface area contributed by atoms with E-state index in [0.29, 0.717) is 0 Å². The number of rotatable bonds is 6. The second-order valence-electron chi connectivity index (χ2n) is 6.56. The minimum atomic E-state index is 0.999. The van der Waals surface area contributed by atoms with Crippen LogP contribution in [-0.2, 0) is 6.54 Å². The summed E-state index contributed by atoms with van der Waals surface area (Å²) in [6.07, 6.45) is 1.30. The highest BCUT2D eigenvalue weighted by Gasteiger charge is 2.22. The third kappa shape index (κ3) is 4.77. The van der Waals surface area contributed by atoms with Crippen LogP contribution in [0, 0.1) is 6.92 Å². The molecule has 0 saturated carbocycles. The Labute approximate surface area is 143 Å². The Bertz CT molecular complexity index is 600. The number of nitrogens with zero attached hydrogens (tertiary/aromatic N) is 1. The van der Waals surface area contributed by atoms with Gasteiger partial charge in [-0.15, -0.1) is 11.3 Å². The molecule has 1 aromatic heterocycles. The van der Waals surface area contributed by atoms with Gasteiger partial charge in [-0.05, 0) is 25.5 Å². The molecule has 1 aliphatic rings. The third-order valence-corrected chi connectivity index (χ3v) is 5.36. The van der Waals surface area contributed by atoms with Crippen molar-refractivity contribution < 1.29 is 9.80 Å². The smallest absolute Gasteiger partial charge is 0.187 e. The predicted octanol–water partition coefficient (Wildman–Crippen LogP) is 0.889. The Kier molecular flexibility index (Phi) is 5.65. The minimum absolute atomic E-state index is 0.999. The Hall–Kier alpha value is -1.43. The van der Waals surface area contributed by atoms with Gasteiger partial charge in [-0.25, -0.2) is 4.98 Å². The van der Waals surface area contributed by atoms with Crippen molar-refractivity contribution in [3.63, 3.8) is 0 Å². The Morgan fingerprint density at radius 1 is 1.09 bits per heavy atom. The standard InChI is InChI=1S/C18H26N4S/c1-3-8-21-9-11-22(12-10-21)13-17-14-23-18(20-17)19-16-6-4-15(2)5-7-16/h4-7,14H,3,8-13H2,1-2H3,(H,19,20)/p+2. The van der Waals surface area contributed by atoms with E-state index in [1.807, 2.05) is 0 Å². The molecule has 1 aromatic carbocycles. The number of hydrogen-bond acceptors (Lipinski definition) is 3. The number of aromatic nitrogens is 1. The first-order valence-electron chi connectivity index (χ1n) is 8.68. The summed E-state index contributed by atoms with van der Waals surface area (Å²) in [7, 11) is 0. The normalized spacial score (nSPS) is 21.3. The minimum Gasteiger partial charge on any atom is -0.332 e. The summed E-state index contributed by atoms with van der Waals surface area (Å²) in [5.41, 5.74) is 3.61. The number of benzene rings is 1. The van der Waals surface area contributed by atoms with Gasteiger partial charge in [0.25, 0.3) is 0 Å². The lowest BCUT2D eigenvalue weighted by Crippen LogP contribution is -3.27. The topological polar surface area (TPSA) is 33.8 Å². The molecule has 4 nitrogen and oxygen atoms in total. The van der Waals surface area contributed by atoms with Crippen molar-refractivity contribution >= 4 is 22.2 Å². The van der Waals surface area contributed by atoms with E-state index in [1.54, 1.807) is 21.1 Å². The number of quaternary nitrogens is 2. The van der Waals surface area contributed by atoms with Crippen molar-refractivity contribution in [1.82, 2.24) is 4.98 Å². The summed E-state index contributed by atoms with van der Waals surface area (Å²) >= 11 is 1.71. The average Bonchev–Trinajstić information content (AvgIpc) is 2.99. The van der Waals surface area contributed by atoms with Crippen LogP contribution in [0.5, 0.6) is 0 Å². The molecule has 1 saturated heterocycles. The first-order valence-corrected chi connectivity index (χ1v) is 9.56. The Morgan fingerprint density at radius 2 is 1.78 bits per heavy atom. The predicted molar refractivity (Wildman–Crippen MR) is 96.8 cm³/mol. The van der Waals surface area contributed by atoms with Crippen LogP contribution in [0.25, 0.3) is 0 Å². The number of aryl methyl sites for hydroxylation is 1. The van der Waals surface area contributed by atoms with Crippen LogP contribution in [0.1, 0.15) is 24.6 Å². The third-order valence-electron chi connectivity index (χ3n) is 4.55. The van der Waals surface area contributed by atoms with Crippen molar-refractivity contribution in [2.45, 2.75) is 26.8 Å². The second kappa shape index (κ2) is 7.90. The van der Waals surface area contributed by atoms with Crippen LogP contribution in [0.15, 0.2) is 29.6 Å². The van der Waals surface area contributed by atoms with Crippen molar-refractivity contribution in [1.29, 1.82) is 0 Å². The van der Waals surface area contributed by atoms with Crippen molar-refractivity contribution in [2.24, 2.45) is 0 Å². The van der Waals surface area contributed by atoms with Gasteiger partial charge in [-0.1, -0.05) is 24.6 Å². The molecular formula is C18H28N4S+2. The van der Waals surface area contributed by atoms with Gasteiger partial charge in [-0.3, -0.25) is 0 Å². The molecule has 0 spiro atoms. The van der Waals surface area contributed by atoms with Crippen molar-refractivity contribution in [2.75, 3.05) is 38.0 Å². The highest BCUT2D eigenvalue weighted by atomic mass is 32.1. The van der Waals surface area contributed by atoms with Gasteiger partial charge < -0.3 is 15.1 Å². The summed E-state index contributed by atoms with van der Waals surface area (Å²) in [6.45, 7) is 11.9. The fraction of sp³-hybridized carbons (Fsp3) is 0.500. The summed E-state index contributed by atoms with van der Waals surface area (Å²) in [5.74, 6) is 0. The molecule has 2 aromatic rings. The number of thiazole rings is 1. The van der Waals surface area contributed by atoms with E-state index in [9.17, 15) is 0 Å². The zero-order valence-electron chi connectivity index (χ0n) is 14.2. The SMILES string of the molecule is CCC[NH+]1CC[NH+](Cc2csc(Nc3ccc(C)cc3)n2)CC1. The molecule has 0 aliphatic carbocycles. The molecule has 3 rings (SSSR count). The molecule has 0 amide bonds. The van der Waals surface area contributed by atoms with E-state index >= 15 is 0 Å². The maximum Gasteiger partial charge on any atom is 0.187 e. The lowest BCUT2D eigenvalue weighted by atomic mass is 10.2. The Balaban J connectivity index is 1.50. The molecule has 1 aliphatic heterocycles. The van der Waals surface area contributed by atoms with Gasteiger partial charge in [0.05, 0.1) is 6.54 Å². The summed E-state index contributed by atoms with van der Waals surface area (Å²) < 4.78 is 0. The fourth-order valence-electron chi connectivity index (χ4n) is 3.20. The van der Waals surface area contributed by atoms with Crippen molar-refractivity contribution in [3.8, 4) is 0 Å². The van der Waals surface area contributed by atoms with E-state index in [1.165, 1.54) is 50.4 Å². The van der Waals surface area contributed by atoms with E-state index in [-0.39, 0.29) is 0 Å². The molecule has 1 fully saturated rings. The van der Waals surface area contributed by atoms with Gasteiger partial charge in [0.15, 0.2) is 5.13 Å². The van der Waals surface area contributed by atoms with Crippen molar-refractivity contribution in [3.05, 3.63) is 40.9 Å². The van der Waals surface area contributed by atoms with Gasteiger partial charge >= 0.3 is 0 Å². The molecule has 5 heteroatoms. The number of anilines is 2. The summed E-state index contributed by atoms with van der Waals surface area (Å²) in [5, 5.41) is 6.61. The van der Waals surface area contributed by atoms with Crippen LogP contribution < -0.4 is 15.1 Å². The van der Waals surface area contributed by atoms with Gasteiger partial charge in [0.2, 0.25) is 0 Å². The lowest BCUT2D eigenvalue weighted by molar-refractivity contribution is -1.02. The summed E-state index contributed by atoms with van der Waals surface area (Å²) in [6, 6.07) is 8.47. The second-order valence-corrected chi connectivity index (χ2v) is 7.42. The van der Waals surface area contributed by atoms with Crippen LogP contribution in [0.3, 0.4) is 0 Å². The maximum atomic E-state index is 4.76. The highest BCUT2D eigenvalue weighted by molar-refractivity contribution is 7.13. The molecule has 124 valence electrons. The van der Waals surface area contributed by atoms with Crippen LogP contribution in [-0.4, -0.2) is 37.7 Å². The van der Waals surface area contributed by atoms with E-state index in [4.69, 9.17) is 4.98 Å².